The number of hydrogen-bond acceptors (Lipinski definition) is 4. The zero-order valence-corrected chi connectivity index (χ0v) is 15.6. The van der Waals surface area contributed by atoms with Crippen LogP contribution >= 0.6 is 0 Å². The normalized spacial score (nSPS) is 13.2. The summed E-state index contributed by atoms with van der Waals surface area (Å²) >= 11 is 0. The summed E-state index contributed by atoms with van der Waals surface area (Å²) in [5.41, 5.74) is 2.23. The van der Waals surface area contributed by atoms with Crippen LogP contribution in [0.4, 0.5) is 10.5 Å². The molecule has 0 saturated carbocycles. The minimum Gasteiger partial charge on any atom is -0.494 e. The Kier molecular flexibility index (Phi) is 5.63. The van der Waals surface area contributed by atoms with E-state index in [0.29, 0.717) is 37.4 Å². The number of hydrogen-bond donors (Lipinski definition) is 2. The lowest BCUT2D eigenvalue weighted by Gasteiger charge is -2.27. The number of ether oxygens (including phenoxy) is 1. The van der Waals surface area contributed by atoms with E-state index < -0.39 is 5.97 Å². The number of carbonyl (C=O) groups is 2. The summed E-state index contributed by atoms with van der Waals surface area (Å²) in [5, 5.41) is 16.2. The molecule has 2 aromatic rings. The number of nitrogens with zero attached hydrogens (tertiary/aromatic N) is 3. The zero-order chi connectivity index (χ0) is 19.4. The van der Waals surface area contributed by atoms with Crippen LogP contribution in [0, 0.1) is 0 Å². The summed E-state index contributed by atoms with van der Waals surface area (Å²) in [6, 6.07) is 7.06. The minimum atomic E-state index is -1.04. The number of aryl methyl sites for hydroxylation is 1. The number of carboxylic acid groups (broad SMARTS) is 1. The average molecular weight is 372 g/mol. The van der Waals surface area contributed by atoms with Gasteiger partial charge >= 0.3 is 12.0 Å². The molecule has 3 rings (SSSR count). The van der Waals surface area contributed by atoms with Crippen LogP contribution in [0.5, 0.6) is 5.75 Å². The lowest BCUT2D eigenvalue weighted by Crippen LogP contribution is -2.39. The zero-order valence-electron chi connectivity index (χ0n) is 15.6. The van der Waals surface area contributed by atoms with Crippen molar-refractivity contribution >= 4 is 17.7 Å². The molecule has 1 aromatic carbocycles. The van der Waals surface area contributed by atoms with Crippen molar-refractivity contribution in [3.63, 3.8) is 0 Å². The van der Waals surface area contributed by atoms with Crippen molar-refractivity contribution in [3.8, 4) is 5.75 Å². The van der Waals surface area contributed by atoms with Crippen molar-refractivity contribution < 1.29 is 19.4 Å². The molecule has 0 fully saturated rings. The van der Waals surface area contributed by atoms with Gasteiger partial charge < -0.3 is 20.1 Å². The molecule has 0 unspecified atom stereocenters. The van der Waals surface area contributed by atoms with E-state index in [0.717, 1.165) is 24.3 Å². The van der Waals surface area contributed by atoms with Crippen LogP contribution in [-0.4, -0.2) is 44.9 Å². The lowest BCUT2D eigenvalue weighted by molar-refractivity contribution is 0.0688. The number of amides is 2. The summed E-state index contributed by atoms with van der Waals surface area (Å²) in [5.74, 6) is -0.258. The molecule has 1 aromatic heterocycles. The van der Waals surface area contributed by atoms with Crippen LogP contribution < -0.4 is 10.1 Å². The van der Waals surface area contributed by atoms with Crippen LogP contribution in [0.15, 0.2) is 24.3 Å². The van der Waals surface area contributed by atoms with Gasteiger partial charge in [0.15, 0.2) is 5.69 Å². The number of carboxylic acids is 1. The molecule has 144 valence electrons. The number of nitrogens with one attached hydrogen (secondary N) is 1. The van der Waals surface area contributed by atoms with Gasteiger partial charge in [-0.3, -0.25) is 4.68 Å². The van der Waals surface area contributed by atoms with E-state index in [1.165, 1.54) is 0 Å². The van der Waals surface area contributed by atoms with Gasteiger partial charge in [0, 0.05) is 24.8 Å². The van der Waals surface area contributed by atoms with Crippen molar-refractivity contribution in [2.45, 2.75) is 32.7 Å². The largest absolute Gasteiger partial charge is 0.494 e. The number of urea groups is 1. The minimum absolute atomic E-state index is 0.0752. The molecule has 1 aliphatic heterocycles. The smallest absolute Gasteiger partial charge is 0.356 e. The number of aromatic carboxylic acids is 1. The van der Waals surface area contributed by atoms with Crippen molar-refractivity contribution in [2.75, 3.05) is 18.5 Å². The first kappa shape index (κ1) is 18.8. The van der Waals surface area contributed by atoms with Gasteiger partial charge in [-0.25, -0.2) is 9.59 Å². The van der Waals surface area contributed by atoms with E-state index in [1.54, 1.807) is 28.8 Å². The number of rotatable bonds is 6. The highest BCUT2D eigenvalue weighted by Crippen LogP contribution is 2.23. The number of aromatic nitrogens is 2. The molecule has 0 aliphatic carbocycles. The first-order valence-corrected chi connectivity index (χ1v) is 9.06. The maximum atomic E-state index is 12.6. The molecule has 0 saturated heterocycles. The standard InChI is InChI=1S/C19H24N4O4/c1-3-4-11-27-14-7-5-13(6-8-14)20-19(26)23-10-9-15-16(12-23)22(2)21-17(15)18(24)25/h5-8H,3-4,9-12H2,1-2H3,(H,20,26)(H,24,25). The highest BCUT2D eigenvalue weighted by Gasteiger charge is 2.28. The second kappa shape index (κ2) is 8.11. The Morgan fingerprint density at radius 2 is 2.04 bits per heavy atom. The molecule has 0 bridgehead atoms. The topological polar surface area (TPSA) is 96.7 Å². The van der Waals surface area contributed by atoms with Gasteiger partial charge in [-0.15, -0.1) is 0 Å². The number of anilines is 1. The average Bonchev–Trinajstić information content (AvgIpc) is 3.00. The summed E-state index contributed by atoms with van der Waals surface area (Å²) in [4.78, 5) is 25.5. The molecule has 0 atom stereocenters. The van der Waals surface area contributed by atoms with Crippen LogP contribution in [0.25, 0.3) is 0 Å². The molecule has 2 N–H and O–H groups in total. The fourth-order valence-corrected chi connectivity index (χ4v) is 3.09. The van der Waals surface area contributed by atoms with E-state index in [1.807, 2.05) is 12.1 Å². The second-order valence-electron chi connectivity index (χ2n) is 6.53. The van der Waals surface area contributed by atoms with E-state index in [-0.39, 0.29) is 11.7 Å². The molecular formula is C19H24N4O4. The fraction of sp³-hybridized carbons (Fsp3) is 0.421. The van der Waals surface area contributed by atoms with Crippen molar-refractivity contribution in [2.24, 2.45) is 7.05 Å². The summed E-state index contributed by atoms with van der Waals surface area (Å²) in [6.07, 6.45) is 2.56. The third-order valence-corrected chi connectivity index (χ3v) is 4.61. The number of fused-ring (bicyclic) bond motifs is 1. The predicted molar refractivity (Wildman–Crippen MR) is 100 cm³/mol. The second-order valence-corrected chi connectivity index (χ2v) is 6.53. The van der Waals surface area contributed by atoms with Crippen molar-refractivity contribution in [1.29, 1.82) is 0 Å². The summed E-state index contributed by atoms with van der Waals surface area (Å²) < 4.78 is 7.16. The number of carbonyl (C=O) groups excluding carboxylic acids is 1. The summed E-state index contributed by atoms with van der Waals surface area (Å²) in [7, 11) is 1.70. The molecule has 0 spiro atoms. The highest BCUT2D eigenvalue weighted by atomic mass is 16.5. The molecule has 27 heavy (non-hydrogen) atoms. The molecule has 0 radical (unpaired) electrons. The van der Waals surface area contributed by atoms with E-state index in [9.17, 15) is 14.7 Å². The Labute approximate surface area is 157 Å². The van der Waals surface area contributed by atoms with Crippen molar-refractivity contribution in [3.05, 3.63) is 41.2 Å². The van der Waals surface area contributed by atoms with Gasteiger partial charge in [0.05, 0.1) is 18.8 Å². The fourth-order valence-electron chi connectivity index (χ4n) is 3.09. The first-order chi connectivity index (χ1) is 13.0. The van der Waals surface area contributed by atoms with Crippen molar-refractivity contribution in [1.82, 2.24) is 14.7 Å². The van der Waals surface area contributed by atoms with Crippen LogP contribution in [0.3, 0.4) is 0 Å². The van der Waals surface area contributed by atoms with E-state index in [4.69, 9.17) is 4.74 Å². The molecule has 1 aliphatic rings. The van der Waals surface area contributed by atoms with Crippen LogP contribution in [0.2, 0.25) is 0 Å². The van der Waals surface area contributed by atoms with Gasteiger partial charge in [0.2, 0.25) is 0 Å². The molecule has 2 amide bonds. The Bertz CT molecular complexity index is 829. The Morgan fingerprint density at radius 1 is 1.30 bits per heavy atom. The van der Waals surface area contributed by atoms with E-state index in [2.05, 4.69) is 17.3 Å². The molecular weight excluding hydrogens is 348 g/mol. The number of unbranched alkanes of at least 4 members (excludes halogenated alkanes) is 1. The Morgan fingerprint density at radius 3 is 2.70 bits per heavy atom. The van der Waals surface area contributed by atoms with Crippen LogP contribution in [0.1, 0.15) is 41.5 Å². The SMILES string of the molecule is CCCCOc1ccc(NC(=O)N2CCc3c(C(=O)O)nn(C)c3C2)cc1. The highest BCUT2D eigenvalue weighted by molar-refractivity contribution is 5.90. The monoisotopic (exact) mass is 372 g/mol. The third kappa shape index (κ3) is 4.21. The Balaban J connectivity index is 1.61. The molecule has 8 nitrogen and oxygen atoms in total. The van der Waals surface area contributed by atoms with Gasteiger partial charge in [0.25, 0.3) is 0 Å². The molecule has 2 heterocycles. The molecule has 8 heteroatoms. The van der Waals surface area contributed by atoms with Gasteiger partial charge in [-0.1, -0.05) is 13.3 Å². The predicted octanol–water partition coefficient (Wildman–Crippen LogP) is 2.89. The maximum absolute atomic E-state index is 12.6. The van der Waals surface area contributed by atoms with E-state index >= 15 is 0 Å². The van der Waals surface area contributed by atoms with Gasteiger partial charge in [-0.05, 0) is 37.1 Å². The lowest BCUT2D eigenvalue weighted by atomic mass is 10.0. The third-order valence-electron chi connectivity index (χ3n) is 4.61. The Hall–Kier alpha value is -3.03. The first-order valence-electron chi connectivity index (χ1n) is 9.06. The van der Waals surface area contributed by atoms with Gasteiger partial charge in [0.1, 0.15) is 5.75 Å². The maximum Gasteiger partial charge on any atom is 0.356 e. The quantitative estimate of drug-likeness (QED) is 0.760. The van der Waals surface area contributed by atoms with Gasteiger partial charge in [-0.2, -0.15) is 5.10 Å². The number of benzene rings is 1. The van der Waals surface area contributed by atoms with Crippen LogP contribution in [-0.2, 0) is 20.0 Å². The summed E-state index contributed by atoms with van der Waals surface area (Å²) in [6.45, 7) is 3.57.